The third-order valence-electron chi connectivity index (χ3n) is 5.06. The molecule has 3 rings (SSSR count). The molecule has 26 heavy (non-hydrogen) atoms. The maximum Gasteiger partial charge on any atom is 0.335 e. The van der Waals surface area contributed by atoms with Crippen LogP contribution in [0, 0.1) is 11.8 Å². The molecule has 0 amide bonds. The van der Waals surface area contributed by atoms with E-state index in [0.717, 1.165) is 6.26 Å². The summed E-state index contributed by atoms with van der Waals surface area (Å²) in [6.45, 7) is -0.917. The van der Waals surface area contributed by atoms with Gasteiger partial charge in [-0.3, -0.25) is 0 Å². The lowest BCUT2D eigenvalue weighted by Gasteiger charge is -2.42. The Kier molecular flexibility index (Phi) is 5.63. The van der Waals surface area contributed by atoms with Crippen molar-refractivity contribution in [3.8, 4) is 0 Å². The molecule has 0 spiro atoms. The van der Waals surface area contributed by atoms with Gasteiger partial charge in [0, 0.05) is 5.92 Å². The lowest BCUT2D eigenvalue weighted by atomic mass is 9.83. The summed E-state index contributed by atoms with van der Waals surface area (Å²) < 4.78 is 16.3. The van der Waals surface area contributed by atoms with Gasteiger partial charge in [0.05, 0.1) is 31.0 Å². The van der Waals surface area contributed by atoms with E-state index in [1.54, 1.807) is 6.08 Å². The van der Waals surface area contributed by atoms with Crippen molar-refractivity contribution in [3.63, 3.8) is 0 Å². The van der Waals surface area contributed by atoms with Crippen LogP contribution in [0.15, 0.2) is 23.5 Å². The van der Waals surface area contributed by atoms with Crippen molar-refractivity contribution in [2.45, 2.75) is 43.4 Å². The standard InChI is InChI=1S/C16H22O10/c17-3-6-1-2-7-8(14(22)23)5-24-15(10(6)7)26-16-13(21)12(20)11(19)9(4-18)25-16/h1,5,7,9-13,15-21H,2-4H2,(H,22,23)/t7?,9-,10?,11-,12+,13-,15+,16+/m1/s1. The minimum absolute atomic E-state index is 0.0448. The predicted molar refractivity (Wildman–Crippen MR) is 82.2 cm³/mol. The number of hydrogen-bond acceptors (Lipinski definition) is 9. The van der Waals surface area contributed by atoms with Gasteiger partial charge in [-0.15, -0.1) is 0 Å². The second kappa shape index (κ2) is 7.61. The number of carboxylic acids is 1. The molecule has 0 aromatic heterocycles. The van der Waals surface area contributed by atoms with Crippen LogP contribution in [-0.2, 0) is 19.0 Å². The van der Waals surface area contributed by atoms with E-state index < -0.39 is 61.4 Å². The first kappa shape index (κ1) is 19.2. The molecule has 2 aliphatic heterocycles. The van der Waals surface area contributed by atoms with E-state index in [9.17, 15) is 35.4 Å². The third kappa shape index (κ3) is 3.25. The number of carboxylic acid groups (broad SMARTS) is 1. The van der Waals surface area contributed by atoms with Gasteiger partial charge in [-0.05, 0) is 12.0 Å². The Morgan fingerprint density at radius 1 is 1.15 bits per heavy atom. The van der Waals surface area contributed by atoms with E-state index in [1.165, 1.54) is 0 Å². The molecule has 10 nitrogen and oxygen atoms in total. The molecular formula is C16H22O10. The van der Waals surface area contributed by atoms with Gasteiger partial charge in [0.25, 0.3) is 0 Å². The van der Waals surface area contributed by atoms with Crippen molar-refractivity contribution in [1.29, 1.82) is 0 Å². The van der Waals surface area contributed by atoms with E-state index in [0.29, 0.717) is 12.0 Å². The molecule has 10 heteroatoms. The molecule has 0 aromatic carbocycles. The average Bonchev–Trinajstić information content (AvgIpc) is 3.06. The molecule has 3 aliphatic rings. The molecule has 146 valence electrons. The average molecular weight is 374 g/mol. The van der Waals surface area contributed by atoms with Crippen molar-refractivity contribution < 1.29 is 49.6 Å². The van der Waals surface area contributed by atoms with Crippen LogP contribution in [0.25, 0.3) is 0 Å². The number of rotatable bonds is 5. The largest absolute Gasteiger partial charge is 0.478 e. The van der Waals surface area contributed by atoms with Gasteiger partial charge in [-0.1, -0.05) is 6.08 Å². The van der Waals surface area contributed by atoms with Crippen LogP contribution in [0.1, 0.15) is 6.42 Å². The van der Waals surface area contributed by atoms with Crippen LogP contribution >= 0.6 is 0 Å². The highest BCUT2D eigenvalue weighted by Crippen LogP contribution is 2.44. The fourth-order valence-corrected chi connectivity index (χ4v) is 3.62. The Labute approximate surface area is 148 Å². The highest BCUT2D eigenvalue weighted by Gasteiger charge is 2.49. The zero-order valence-corrected chi connectivity index (χ0v) is 13.7. The summed E-state index contributed by atoms with van der Waals surface area (Å²) >= 11 is 0. The summed E-state index contributed by atoms with van der Waals surface area (Å²) in [7, 11) is 0. The number of fused-ring (bicyclic) bond motifs is 1. The van der Waals surface area contributed by atoms with Gasteiger partial charge < -0.3 is 44.8 Å². The molecular weight excluding hydrogens is 352 g/mol. The molecule has 0 radical (unpaired) electrons. The fraction of sp³-hybridized carbons (Fsp3) is 0.688. The Bertz CT molecular complexity index is 600. The minimum Gasteiger partial charge on any atom is -0.478 e. The van der Waals surface area contributed by atoms with Crippen LogP contribution in [0.2, 0.25) is 0 Å². The van der Waals surface area contributed by atoms with E-state index in [-0.39, 0.29) is 12.2 Å². The number of aliphatic hydroxyl groups excluding tert-OH is 5. The van der Waals surface area contributed by atoms with E-state index in [1.807, 2.05) is 0 Å². The maximum atomic E-state index is 11.4. The summed E-state index contributed by atoms with van der Waals surface area (Å²) in [6, 6.07) is 0. The number of aliphatic carboxylic acids is 1. The molecule has 2 unspecified atom stereocenters. The smallest absolute Gasteiger partial charge is 0.335 e. The molecule has 8 atom stereocenters. The Morgan fingerprint density at radius 3 is 2.50 bits per heavy atom. The van der Waals surface area contributed by atoms with Crippen LogP contribution in [-0.4, -0.2) is 86.8 Å². The number of aliphatic hydroxyl groups is 5. The summed E-state index contributed by atoms with van der Waals surface area (Å²) in [6.07, 6.45) is -5.21. The van der Waals surface area contributed by atoms with Crippen molar-refractivity contribution >= 4 is 5.97 Å². The SMILES string of the molecule is O=C(O)C1=CO[C@@H](O[C@@H]2O[C@H](CO)[C@@H](O)[C@H](O)[C@H]2O)C2C(CO)=CCC12. The summed E-state index contributed by atoms with van der Waals surface area (Å²) in [5.41, 5.74) is 0.583. The Morgan fingerprint density at radius 2 is 1.88 bits per heavy atom. The van der Waals surface area contributed by atoms with Gasteiger partial charge in [-0.2, -0.15) is 0 Å². The van der Waals surface area contributed by atoms with E-state index >= 15 is 0 Å². The van der Waals surface area contributed by atoms with E-state index in [4.69, 9.17) is 14.2 Å². The zero-order chi connectivity index (χ0) is 19.0. The molecule has 6 N–H and O–H groups in total. The van der Waals surface area contributed by atoms with Crippen molar-refractivity contribution in [2.24, 2.45) is 11.8 Å². The lowest BCUT2D eigenvalue weighted by molar-refractivity contribution is -0.339. The fourth-order valence-electron chi connectivity index (χ4n) is 3.62. The summed E-state index contributed by atoms with van der Waals surface area (Å²) in [5, 5.41) is 57.8. The molecule has 0 saturated carbocycles. The van der Waals surface area contributed by atoms with Crippen LogP contribution < -0.4 is 0 Å². The quantitative estimate of drug-likeness (QED) is 0.288. The highest BCUT2D eigenvalue weighted by atomic mass is 16.8. The number of hydrogen-bond donors (Lipinski definition) is 6. The molecule has 2 heterocycles. The summed E-state index contributed by atoms with van der Waals surface area (Å²) in [4.78, 5) is 11.4. The number of carbonyl (C=O) groups is 1. The molecule has 1 fully saturated rings. The van der Waals surface area contributed by atoms with Crippen LogP contribution in [0.5, 0.6) is 0 Å². The Balaban J connectivity index is 1.80. The first-order chi connectivity index (χ1) is 12.4. The van der Waals surface area contributed by atoms with Gasteiger partial charge in [0.2, 0.25) is 6.29 Å². The Hall–Kier alpha value is -1.53. The topological polar surface area (TPSA) is 166 Å². The third-order valence-corrected chi connectivity index (χ3v) is 5.06. The highest BCUT2D eigenvalue weighted by molar-refractivity contribution is 5.87. The summed E-state index contributed by atoms with van der Waals surface area (Å²) in [5.74, 6) is -2.22. The van der Waals surface area contributed by atoms with Gasteiger partial charge in [-0.25, -0.2) is 4.79 Å². The first-order valence-corrected chi connectivity index (χ1v) is 8.23. The second-order valence-corrected chi connectivity index (χ2v) is 6.52. The first-order valence-electron chi connectivity index (χ1n) is 8.23. The minimum atomic E-state index is -1.61. The second-order valence-electron chi connectivity index (χ2n) is 6.52. The van der Waals surface area contributed by atoms with Crippen LogP contribution in [0.4, 0.5) is 0 Å². The monoisotopic (exact) mass is 374 g/mol. The van der Waals surface area contributed by atoms with Gasteiger partial charge in [0.1, 0.15) is 24.4 Å². The number of ether oxygens (including phenoxy) is 3. The van der Waals surface area contributed by atoms with Gasteiger partial charge >= 0.3 is 5.97 Å². The molecule has 1 aliphatic carbocycles. The molecule has 0 aromatic rings. The van der Waals surface area contributed by atoms with Crippen molar-refractivity contribution in [3.05, 3.63) is 23.5 Å². The maximum absolute atomic E-state index is 11.4. The zero-order valence-electron chi connectivity index (χ0n) is 13.7. The van der Waals surface area contributed by atoms with Crippen molar-refractivity contribution in [1.82, 2.24) is 0 Å². The van der Waals surface area contributed by atoms with Gasteiger partial charge in [0.15, 0.2) is 6.29 Å². The molecule has 0 bridgehead atoms. The van der Waals surface area contributed by atoms with E-state index in [2.05, 4.69) is 0 Å². The predicted octanol–water partition coefficient (Wildman–Crippen LogP) is -2.32. The normalized spacial score (nSPS) is 42.5. The molecule has 1 saturated heterocycles. The van der Waals surface area contributed by atoms with Crippen molar-refractivity contribution in [2.75, 3.05) is 13.2 Å². The lowest BCUT2D eigenvalue weighted by Crippen LogP contribution is -2.60. The van der Waals surface area contributed by atoms with Crippen LogP contribution in [0.3, 0.4) is 0 Å². The number of allylic oxidation sites excluding steroid dienone is 1.